The van der Waals surface area contributed by atoms with E-state index < -0.39 is 0 Å². The van der Waals surface area contributed by atoms with Gasteiger partial charge < -0.3 is 15.4 Å². The smallest absolute Gasteiger partial charge is 0.130 e. The fourth-order valence-electron chi connectivity index (χ4n) is 2.27. The summed E-state index contributed by atoms with van der Waals surface area (Å²) >= 11 is 0. The standard InChI is InChI=1S/C16H28N4O/c1-5-20(10-6-9-19(2)3)12-13-7-8-14(16(17)18)15(11-13)21-4/h7-8,11H,5-6,9-10,12H2,1-4H3,(H3,17,18). The molecule has 0 aliphatic rings. The molecular formula is C16H28N4O. The molecule has 21 heavy (non-hydrogen) atoms. The largest absolute Gasteiger partial charge is 0.496 e. The van der Waals surface area contributed by atoms with Crippen molar-refractivity contribution in [3.05, 3.63) is 29.3 Å². The van der Waals surface area contributed by atoms with Crippen molar-refractivity contribution in [2.75, 3.05) is 40.8 Å². The molecule has 1 rings (SSSR count). The van der Waals surface area contributed by atoms with E-state index in [4.69, 9.17) is 15.9 Å². The number of hydrogen-bond acceptors (Lipinski definition) is 4. The van der Waals surface area contributed by atoms with Crippen LogP contribution in [0, 0.1) is 5.41 Å². The van der Waals surface area contributed by atoms with Crippen molar-refractivity contribution in [3.63, 3.8) is 0 Å². The van der Waals surface area contributed by atoms with Gasteiger partial charge in [0.1, 0.15) is 11.6 Å². The second-order valence-electron chi connectivity index (χ2n) is 5.47. The summed E-state index contributed by atoms with van der Waals surface area (Å²) in [5.41, 5.74) is 7.38. The molecule has 0 heterocycles. The third kappa shape index (κ3) is 5.73. The third-order valence-electron chi connectivity index (χ3n) is 3.49. The summed E-state index contributed by atoms with van der Waals surface area (Å²) in [5, 5.41) is 7.54. The first-order valence-corrected chi connectivity index (χ1v) is 7.36. The van der Waals surface area contributed by atoms with Crippen LogP contribution in [0.2, 0.25) is 0 Å². The lowest BCUT2D eigenvalue weighted by atomic mass is 10.1. The molecule has 0 atom stereocenters. The van der Waals surface area contributed by atoms with Crippen LogP contribution in [0.5, 0.6) is 5.75 Å². The van der Waals surface area contributed by atoms with Crippen molar-refractivity contribution < 1.29 is 4.74 Å². The van der Waals surface area contributed by atoms with Gasteiger partial charge in [-0.15, -0.1) is 0 Å². The zero-order valence-corrected chi connectivity index (χ0v) is 13.6. The maximum Gasteiger partial charge on any atom is 0.130 e. The molecule has 1 aromatic carbocycles. The van der Waals surface area contributed by atoms with Crippen molar-refractivity contribution in [3.8, 4) is 5.75 Å². The lowest BCUT2D eigenvalue weighted by Crippen LogP contribution is -2.27. The highest BCUT2D eigenvalue weighted by atomic mass is 16.5. The highest BCUT2D eigenvalue weighted by Gasteiger charge is 2.09. The first kappa shape index (κ1) is 17.5. The molecule has 0 saturated carbocycles. The molecule has 0 aliphatic carbocycles. The Morgan fingerprint density at radius 2 is 2.00 bits per heavy atom. The number of nitrogens with zero attached hydrogens (tertiary/aromatic N) is 2. The van der Waals surface area contributed by atoms with Gasteiger partial charge in [0.05, 0.1) is 12.7 Å². The van der Waals surface area contributed by atoms with Gasteiger partial charge in [0.2, 0.25) is 0 Å². The van der Waals surface area contributed by atoms with Crippen LogP contribution in [-0.4, -0.2) is 56.5 Å². The fraction of sp³-hybridized carbons (Fsp3) is 0.562. The SMILES string of the molecule is CCN(CCCN(C)C)Cc1ccc(C(=N)N)c(OC)c1. The van der Waals surface area contributed by atoms with Crippen molar-refractivity contribution in [1.82, 2.24) is 9.80 Å². The van der Waals surface area contributed by atoms with Crippen LogP contribution < -0.4 is 10.5 Å². The molecule has 0 fully saturated rings. The number of methoxy groups -OCH3 is 1. The van der Waals surface area contributed by atoms with E-state index in [0.29, 0.717) is 11.3 Å². The lowest BCUT2D eigenvalue weighted by molar-refractivity contribution is 0.259. The number of rotatable bonds is 9. The van der Waals surface area contributed by atoms with Gasteiger partial charge in [-0.2, -0.15) is 0 Å². The minimum atomic E-state index is 0.0386. The van der Waals surface area contributed by atoms with Crippen LogP contribution in [0.1, 0.15) is 24.5 Å². The summed E-state index contributed by atoms with van der Waals surface area (Å²) < 4.78 is 5.33. The number of amidine groups is 1. The van der Waals surface area contributed by atoms with Crippen LogP contribution in [0.15, 0.2) is 18.2 Å². The molecule has 0 aromatic heterocycles. The third-order valence-corrected chi connectivity index (χ3v) is 3.49. The Bertz CT molecular complexity index is 460. The minimum absolute atomic E-state index is 0.0386. The summed E-state index contributed by atoms with van der Waals surface area (Å²) in [6.07, 6.45) is 1.16. The lowest BCUT2D eigenvalue weighted by Gasteiger charge is -2.22. The molecular weight excluding hydrogens is 264 g/mol. The average Bonchev–Trinajstić information content (AvgIpc) is 2.45. The Morgan fingerprint density at radius 3 is 2.52 bits per heavy atom. The first-order valence-electron chi connectivity index (χ1n) is 7.36. The topological polar surface area (TPSA) is 65.6 Å². The van der Waals surface area contributed by atoms with Gasteiger partial charge in [0.15, 0.2) is 0 Å². The van der Waals surface area contributed by atoms with E-state index in [9.17, 15) is 0 Å². The Kier molecular flexibility index (Phi) is 7.19. The molecule has 0 aliphatic heterocycles. The molecule has 3 N–H and O–H groups in total. The molecule has 1 aromatic rings. The maximum atomic E-state index is 7.54. The fourth-order valence-corrected chi connectivity index (χ4v) is 2.27. The van der Waals surface area contributed by atoms with Crippen LogP contribution >= 0.6 is 0 Å². The zero-order valence-electron chi connectivity index (χ0n) is 13.6. The summed E-state index contributed by atoms with van der Waals surface area (Å²) in [6.45, 7) is 6.26. The summed E-state index contributed by atoms with van der Waals surface area (Å²) in [5.74, 6) is 0.709. The molecule has 5 heteroatoms. The Balaban J connectivity index is 2.69. The Morgan fingerprint density at radius 1 is 1.29 bits per heavy atom. The molecule has 0 radical (unpaired) electrons. The maximum absolute atomic E-state index is 7.54. The Labute approximate surface area is 128 Å². The van der Waals surface area contributed by atoms with E-state index in [2.05, 4.69) is 30.8 Å². The number of nitrogen functional groups attached to an aromatic ring is 1. The minimum Gasteiger partial charge on any atom is -0.496 e. The second-order valence-corrected chi connectivity index (χ2v) is 5.47. The summed E-state index contributed by atoms with van der Waals surface area (Å²) in [6, 6.07) is 5.86. The predicted molar refractivity (Wildman–Crippen MR) is 88.1 cm³/mol. The van der Waals surface area contributed by atoms with E-state index in [1.165, 1.54) is 5.56 Å². The molecule has 0 bridgehead atoms. The molecule has 118 valence electrons. The average molecular weight is 292 g/mol. The Hall–Kier alpha value is -1.59. The van der Waals surface area contributed by atoms with E-state index in [-0.39, 0.29) is 5.84 Å². The van der Waals surface area contributed by atoms with Gasteiger partial charge in [-0.25, -0.2) is 0 Å². The van der Waals surface area contributed by atoms with E-state index in [0.717, 1.165) is 32.6 Å². The first-order chi connectivity index (χ1) is 9.97. The van der Waals surface area contributed by atoms with Crippen LogP contribution in [0.25, 0.3) is 0 Å². The van der Waals surface area contributed by atoms with Crippen LogP contribution in [-0.2, 0) is 6.54 Å². The predicted octanol–water partition coefficient (Wildman–Crippen LogP) is 1.75. The number of nitrogens with two attached hydrogens (primary N) is 1. The van der Waals surface area contributed by atoms with E-state index in [1.54, 1.807) is 7.11 Å². The summed E-state index contributed by atoms with van der Waals surface area (Å²) in [4.78, 5) is 4.62. The molecule has 0 unspecified atom stereocenters. The quantitative estimate of drug-likeness (QED) is 0.537. The summed E-state index contributed by atoms with van der Waals surface area (Å²) in [7, 11) is 5.81. The van der Waals surface area contributed by atoms with E-state index in [1.807, 2.05) is 18.2 Å². The van der Waals surface area contributed by atoms with Gasteiger partial charge in [-0.3, -0.25) is 10.3 Å². The number of nitrogens with one attached hydrogen (secondary N) is 1. The number of hydrogen-bond donors (Lipinski definition) is 2. The highest BCUT2D eigenvalue weighted by Crippen LogP contribution is 2.20. The van der Waals surface area contributed by atoms with Crippen molar-refractivity contribution in [2.24, 2.45) is 5.73 Å². The molecule has 5 nitrogen and oxygen atoms in total. The number of ether oxygens (including phenoxy) is 1. The van der Waals surface area contributed by atoms with Gasteiger partial charge >= 0.3 is 0 Å². The van der Waals surface area contributed by atoms with Crippen molar-refractivity contribution >= 4 is 5.84 Å². The normalized spacial score (nSPS) is 11.1. The monoisotopic (exact) mass is 292 g/mol. The highest BCUT2D eigenvalue weighted by molar-refractivity contribution is 5.97. The van der Waals surface area contributed by atoms with Gasteiger partial charge in [-0.1, -0.05) is 13.0 Å². The van der Waals surface area contributed by atoms with Gasteiger partial charge in [0, 0.05) is 6.54 Å². The van der Waals surface area contributed by atoms with Gasteiger partial charge in [-0.05, 0) is 57.8 Å². The molecule has 0 amide bonds. The van der Waals surface area contributed by atoms with Crippen LogP contribution in [0.3, 0.4) is 0 Å². The molecule has 0 spiro atoms. The van der Waals surface area contributed by atoms with E-state index >= 15 is 0 Å². The van der Waals surface area contributed by atoms with Crippen molar-refractivity contribution in [1.29, 1.82) is 5.41 Å². The van der Waals surface area contributed by atoms with Gasteiger partial charge in [0.25, 0.3) is 0 Å². The second kappa shape index (κ2) is 8.64. The van der Waals surface area contributed by atoms with Crippen LogP contribution in [0.4, 0.5) is 0 Å². The number of benzene rings is 1. The van der Waals surface area contributed by atoms with Crippen molar-refractivity contribution in [2.45, 2.75) is 19.9 Å². The molecule has 0 saturated heterocycles. The zero-order chi connectivity index (χ0) is 15.8.